The third-order valence-electron chi connectivity index (χ3n) is 1.59. The molecule has 0 amide bonds. The van der Waals surface area contributed by atoms with Gasteiger partial charge in [-0.1, -0.05) is 20.8 Å². The molecule has 86 valence electrons. The monoisotopic (exact) mass is 239 g/mol. The minimum absolute atomic E-state index is 0.0195. The number of rotatable bonds is 5. The third kappa shape index (κ3) is 10.3. The summed E-state index contributed by atoms with van der Waals surface area (Å²) in [4.78, 5) is 0. The molecule has 0 rings (SSSR count). The SMILES string of the molecule is CC(C)(C)SCC(N)CCS(C)(=O)=O. The van der Waals surface area contributed by atoms with Gasteiger partial charge in [-0.25, -0.2) is 8.42 Å². The second-order valence-corrected chi connectivity index (χ2v) is 8.71. The summed E-state index contributed by atoms with van der Waals surface area (Å²) in [6.45, 7) is 6.38. The van der Waals surface area contributed by atoms with E-state index in [-0.39, 0.29) is 16.5 Å². The van der Waals surface area contributed by atoms with Gasteiger partial charge < -0.3 is 5.73 Å². The molecule has 0 fully saturated rings. The Balaban J connectivity index is 3.73. The van der Waals surface area contributed by atoms with Crippen LogP contribution < -0.4 is 5.73 Å². The Morgan fingerprint density at radius 2 is 1.86 bits per heavy atom. The van der Waals surface area contributed by atoms with Crippen molar-refractivity contribution in [1.29, 1.82) is 0 Å². The molecule has 0 saturated heterocycles. The van der Waals surface area contributed by atoms with E-state index in [1.165, 1.54) is 6.26 Å². The molecule has 5 heteroatoms. The first-order valence-corrected chi connectivity index (χ1v) is 7.72. The van der Waals surface area contributed by atoms with Gasteiger partial charge in [0.1, 0.15) is 9.84 Å². The van der Waals surface area contributed by atoms with E-state index in [1.807, 2.05) is 0 Å². The summed E-state index contributed by atoms with van der Waals surface area (Å²) >= 11 is 1.77. The lowest BCUT2D eigenvalue weighted by Gasteiger charge is -2.20. The van der Waals surface area contributed by atoms with Crippen LogP contribution in [0, 0.1) is 0 Å². The normalized spacial score (nSPS) is 15.5. The maximum atomic E-state index is 10.9. The van der Waals surface area contributed by atoms with Gasteiger partial charge in [0.05, 0.1) is 5.75 Å². The Labute approximate surface area is 91.7 Å². The molecular formula is C9H21NO2S2. The number of hydrogen-bond donors (Lipinski definition) is 1. The van der Waals surface area contributed by atoms with Crippen LogP contribution in [-0.2, 0) is 9.84 Å². The number of nitrogens with two attached hydrogens (primary N) is 1. The topological polar surface area (TPSA) is 60.2 Å². The van der Waals surface area contributed by atoms with Crippen molar-refractivity contribution in [3.8, 4) is 0 Å². The van der Waals surface area contributed by atoms with Crippen molar-refractivity contribution in [3.05, 3.63) is 0 Å². The predicted molar refractivity (Wildman–Crippen MR) is 64.5 cm³/mol. The lowest BCUT2D eigenvalue weighted by Crippen LogP contribution is -2.28. The number of hydrogen-bond acceptors (Lipinski definition) is 4. The zero-order chi connectivity index (χ0) is 11.4. The lowest BCUT2D eigenvalue weighted by atomic mass is 10.3. The van der Waals surface area contributed by atoms with Crippen LogP contribution in [0.2, 0.25) is 0 Å². The minimum atomic E-state index is -2.86. The van der Waals surface area contributed by atoms with Gasteiger partial charge >= 0.3 is 0 Å². The van der Waals surface area contributed by atoms with Crippen LogP contribution in [0.4, 0.5) is 0 Å². The van der Waals surface area contributed by atoms with Gasteiger partial charge in [-0.15, -0.1) is 0 Å². The molecule has 1 atom stereocenters. The summed E-state index contributed by atoms with van der Waals surface area (Å²) in [5.74, 6) is 1.01. The molecule has 0 bridgehead atoms. The molecule has 2 N–H and O–H groups in total. The van der Waals surface area contributed by atoms with E-state index < -0.39 is 9.84 Å². The zero-order valence-electron chi connectivity index (χ0n) is 9.41. The van der Waals surface area contributed by atoms with E-state index in [4.69, 9.17) is 5.73 Å². The maximum Gasteiger partial charge on any atom is 0.147 e. The number of sulfone groups is 1. The fourth-order valence-corrected chi connectivity index (χ4v) is 2.42. The number of thioether (sulfide) groups is 1. The zero-order valence-corrected chi connectivity index (χ0v) is 11.0. The molecule has 0 saturated carbocycles. The van der Waals surface area contributed by atoms with Crippen molar-refractivity contribution < 1.29 is 8.42 Å². The molecule has 0 spiro atoms. The van der Waals surface area contributed by atoms with Crippen LogP contribution >= 0.6 is 11.8 Å². The van der Waals surface area contributed by atoms with E-state index in [9.17, 15) is 8.42 Å². The molecule has 0 aromatic carbocycles. The molecule has 0 heterocycles. The molecule has 0 aliphatic heterocycles. The van der Waals surface area contributed by atoms with Crippen LogP contribution in [0.3, 0.4) is 0 Å². The van der Waals surface area contributed by atoms with E-state index in [0.717, 1.165) is 5.75 Å². The molecule has 0 aromatic rings. The second kappa shape index (κ2) is 5.37. The highest BCUT2D eigenvalue weighted by Crippen LogP contribution is 2.23. The Bertz CT molecular complexity index is 254. The van der Waals surface area contributed by atoms with Gasteiger partial charge in [-0.05, 0) is 6.42 Å². The van der Waals surface area contributed by atoms with E-state index in [0.29, 0.717) is 6.42 Å². The Morgan fingerprint density at radius 1 is 1.36 bits per heavy atom. The second-order valence-electron chi connectivity index (χ2n) is 4.60. The average Bonchev–Trinajstić information content (AvgIpc) is 1.94. The molecule has 14 heavy (non-hydrogen) atoms. The van der Waals surface area contributed by atoms with Gasteiger partial charge in [0.15, 0.2) is 0 Å². The summed E-state index contributed by atoms with van der Waals surface area (Å²) in [6, 6.07) is -0.0195. The molecule has 0 aliphatic carbocycles. The van der Waals surface area contributed by atoms with Crippen molar-refractivity contribution in [2.24, 2.45) is 5.73 Å². The average molecular weight is 239 g/mol. The molecule has 1 unspecified atom stereocenters. The van der Waals surface area contributed by atoms with Crippen molar-refractivity contribution in [2.45, 2.75) is 38.0 Å². The Hall–Kier alpha value is 0.260. The third-order valence-corrected chi connectivity index (χ3v) is 4.03. The van der Waals surface area contributed by atoms with Crippen molar-refractivity contribution in [2.75, 3.05) is 17.8 Å². The smallest absolute Gasteiger partial charge is 0.147 e. The first-order valence-electron chi connectivity index (χ1n) is 4.67. The van der Waals surface area contributed by atoms with Crippen molar-refractivity contribution in [1.82, 2.24) is 0 Å². The van der Waals surface area contributed by atoms with Gasteiger partial charge in [-0.3, -0.25) is 0 Å². The lowest BCUT2D eigenvalue weighted by molar-refractivity contribution is 0.593. The van der Waals surface area contributed by atoms with Gasteiger partial charge in [0.2, 0.25) is 0 Å². The Kier molecular flexibility index (Phi) is 5.47. The van der Waals surface area contributed by atoms with Crippen LogP contribution in [0.15, 0.2) is 0 Å². The quantitative estimate of drug-likeness (QED) is 0.785. The van der Waals surface area contributed by atoms with Gasteiger partial charge in [0, 0.05) is 22.8 Å². The highest BCUT2D eigenvalue weighted by Gasteiger charge is 2.14. The molecule has 0 aliphatic rings. The summed E-state index contributed by atoms with van der Waals surface area (Å²) in [6.07, 6.45) is 1.80. The molecule has 0 aromatic heterocycles. The summed E-state index contributed by atoms with van der Waals surface area (Å²) < 4.78 is 21.9. The predicted octanol–water partition coefficient (Wildman–Crippen LogP) is 1.28. The highest BCUT2D eigenvalue weighted by molar-refractivity contribution is 8.00. The fourth-order valence-electron chi connectivity index (χ4n) is 0.806. The summed E-state index contributed by atoms with van der Waals surface area (Å²) in [7, 11) is -2.86. The highest BCUT2D eigenvalue weighted by atomic mass is 32.2. The summed E-state index contributed by atoms with van der Waals surface area (Å²) in [5, 5.41) is 0. The fraction of sp³-hybridized carbons (Fsp3) is 1.00. The van der Waals surface area contributed by atoms with Crippen LogP contribution in [-0.4, -0.2) is 37.0 Å². The van der Waals surface area contributed by atoms with Crippen molar-refractivity contribution >= 4 is 21.6 Å². The van der Waals surface area contributed by atoms with Crippen LogP contribution in [0.25, 0.3) is 0 Å². The first kappa shape index (κ1) is 14.3. The maximum absolute atomic E-state index is 10.9. The molecular weight excluding hydrogens is 218 g/mol. The van der Waals surface area contributed by atoms with E-state index in [2.05, 4.69) is 20.8 Å². The minimum Gasteiger partial charge on any atom is -0.327 e. The standard InChI is InChI=1S/C9H21NO2S2/c1-9(2,3)13-7-8(10)5-6-14(4,11)12/h8H,5-7,10H2,1-4H3. The van der Waals surface area contributed by atoms with Crippen LogP contribution in [0.5, 0.6) is 0 Å². The Morgan fingerprint density at radius 3 is 2.21 bits per heavy atom. The molecule has 0 radical (unpaired) electrons. The van der Waals surface area contributed by atoms with Crippen molar-refractivity contribution in [3.63, 3.8) is 0 Å². The first-order chi connectivity index (χ1) is 6.10. The van der Waals surface area contributed by atoms with E-state index >= 15 is 0 Å². The van der Waals surface area contributed by atoms with Crippen LogP contribution in [0.1, 0.15) is 27.2 Å². The summed E-state index contributed by atoms with van der Waals surface area (Å²) in [5.41, 5.74) is 5.80. The van der Waals surface area contributed by atoms with Gasteiger partial charge in [-0.2, -0.15) is 11.8 Å². The van der Waals surface area contributed by atoms with Gasteiger partial charge in [0.25, 0.3) is 0 Å². The van der Waals surface area contributed by atoms with E-state index in [1.54, 1.807) is 11.8 Å². The molecule has 3 nitrogen and oxygen atoms in total. The largest absolute Gasteiger partial charge is 0.327 e.